The molecule has 0 heterocycles. The molecule has 0 radical (unpaired) electrons. The third kappa shape index (κ3) is 2.91. The smallest absolute Gasteiger partial charge is 0.406 e. The number of halogens is 3. The number of hydrogen-bond donors (Lipinski definition) is 1. The molecule has 1 fully saturated rings. The average Bonchev–Trinajstić information content (AvgIpc) is 2.64. The molecule has 0 atom stereocenters. The summed E-state index contributed by atoms with van der Waals surface area (Å²) in [6, 6.07) is 5.98. The Labute approximate surface area is 97.6 Å². The second kappa shape index (κ2) is 4.22. The van der Waals surface area contributed by atoms with E-state index in [-0.39, 0.29) is 5.75 Å². The number of nitrogens with two attached hydrogens (primary N) is 1. The Balaban J connectivity index is 2.22. The molecule has 0 unspecified atom stereocenters. The van der Waals surface area contributed by atoms with Crippen LogP contribution >= 0.6 is 0 Å². The van der Waals surface area contributed by atoms with Gasteiger partial charge in [0.15, 0.2) is 0 Å². The van der Waals surface area contributed by atoms with Crippen LogP contribution in [0.15, 0.2) is 24.3 Å². The lowest BCUT2D eigenvalue weighted by molar-refractivity contribution is -0.274. The van der Waals surface area contributed by atoms with Gasteiger partial charge >= 0.3 is 6.36 Å². The van der Waals surface area contributed by atoms with Gasteiger partial charge in [0.05, 0.1) is 0 Å². The second-order valence-electron chi connectivity index (χ2n) is 4.44. The number of alkyl halides is 3. The predicted octanol–water partition coefficient (Wildman–Crippen LogP) is 3.31. The lowest BCUT2D eigenvalue weighted by Crippen LogP contribution is -2.33. The number of ether oxygens (including phenoxy) is 1. The van der Waals surface area contributed by atoms with Crippen LogP contribution in [0.4, 0.5) is 13.2 Å². The van der Waals surface area contributed by atoms with Crippen molar-refractivity contribution in [2.45, 2.75) is 37.6 Å². The SMILES string of the molecule is NC1(c2cccc(OC(F)(F)F)c2)CCCC1. The van der Waals surface area contributed by atoms with Crippen molar-refractivity contribution in [1.29, 1.82) is 0 Å². The van der Waals surface area contributed by atoms with Crippen molar-refractivity contribution in [2.75, 3.05) is 0 Å². The minimum absolute atomic E-state index is 0.202. The Bertz CT molecular complexity index is 397. The van der Waals surface area contributed by atoms with Crippen LogP contribution in [0.25, 0.3) is 0 Å². The van der Waals surface area contributed by atoms with Gasteiger partial charge in [-0.3, -0.25) is 0 Å². The summed E-state index contributed by atoms with van der Waals surface area (Å²) in [5.41, 5.74) is 6.40. The van der Waals surface area contributed by atoms with Gasteiger partial charge in [0.25, 0.3) is 0 Å². The van der Waals surface area contributed by atoms with E-state index in [0.717, 1.165) is 31.2 Å². The van der Waals surface area contributed by atoms with Crippen molar-refractivity contribution in [2.24, 2.45) is 5.73 Å². The van der Waals surface area contributed by atoms with Gasteiger partial charge in [0.1, 0.15) is 5.75 Å². The molecule has 2 N–H and O–H groups in total. The first-order valence-corrected chi connectivity index (χ1v) is 5.54. The molecule has 5 heteroatoms. The Morgan fingerprint density at radius 2 is 1.82 bits per heavy atom. The fourth-order valence-electron chi connectivity index (χ4n) is 2.30. The maximum atomic E-state index is 12.1. The molecule has 0 saturated heterocycles. The van der Waals surface area contributed by atoms with Crippen LogP contribution in [0.1, 0.15) is 31.2 Å². The van der Waals surface area contributed by atoms with E-state index in [1.807, 2.05) is 0 Å². The monoisotopic (exact) mass is 245 g/mol. The van der Waals surface area contributed by atoms with E-state index in [9.17, 15) is 13.2 Å². The fourth-order valence-corrected chi connectivity index (χ4v) is 2.30. The molecule has 1 aromatic carbocycles. The zero-order valence-electron chi connectivity index (χ0n) is 9.26. The van der Waals surface area contributed by atoms with Gasteiger partial charge in [-0.2, -0.15) is 0 Å². The maximum absolute atomic E-state index is 12.1. The lowest BCUT2D eigenvalue weighted by Gasteiger charge is -2.24. The first kappa shape index (κ1) is 12.2. The van der Waals surface area contributed by atoms with Gasteiger partial charge in [-0.15, -0.1) is 13.2 Å². The van der Waals surface area contributed by atoms with Crippen molar-refractivity contribution in [1.82, 2.24) is 0 Å². The highest BCUT2D eigenvalue weighted by atomic mass is 19.4. The first-order valence-electron chi connectivity index (χ1n) is 5.54. The Kier molecular flexibility index (Phi) is 3.03. The minimum atomic E-state index is -4.66. The summed E-state index contributed by atoms with van der Waals surface area (Å²) in [6.45, 7) is 0. The topological polar surface area (TPSA) is 35.2 Å². The van der Waals surface area contributed by atoms with E-state index in [4.69, 9.17) is 5.73 Å². The zero-order chi connectivity index (χ0) is 12.5. The van der Waals surface area contributed by atoms with E-state index in [1.165, 1.54) is 12.1 Å². The molecule has 1 aromatic rings. The highest BCUT2D eigenvalue weighted by Gasteiger charge is 2.34. The van der Waals surface area contributed by atoms with Crippen LogP contribution < -0.4 is 10.5 Å². The molecular formula is C12H14F3NO. The second-order valence-corrected chi connectivity index (χ2v) is 4.44. The molecule has 0 amide bonds. The molecule has 0 aliphatic heterocycles. The predicted molar refractivity (Wildman–Crippen MR) is 57.5 cm³/mol. The van der Waals surface area contributed by atoms with Crippen LogP contribution in [0.3, 0.4) is 0 Å². The van der Waals surface area contributed by atoms with E-state index >= 15 is 0 Å². The van der Waals surface area contributed by atoms with Crippen molar-refractivity contribution >= 4 is 0 Å². The summed E-state index contributed by atoms with van der Waals surface area (Å²) in [5, 5.41) is 0. The largest absolute Gasteiger partial charge is 0.573 e. The first-order chi connectivity index (χ1) is 7.89. The van der Waals surface area contributed by atoms with Crippen molar-refractivity contribution in [3.63, 3.8) is 0 Å². The van der Waals surface area contributed by atoms with E-state index in [0.29, 0.717) is 0 Å². The average molecular weight is 245 g/mol. The molecule has 1 aliphatic carbocycles. The van der Waals surface area contributed by atoms with Crippen molar-refractivity contribution in [3.8, 4) is 5.75 Å². The third-order valence-corrected chi connectivity index (χ3v) is 3.14. The van der Waals surface area contributed by atoms with Gasteiger partial charge in [0.2, 0.25) is 0 Å². The molecule has 94 valence electrons. The van der Waals surface area contributed by atoms with Crippen LogP contribution in [0, 0.1) is 0 Å². The maximum Gasteiger partial charge on any atom is 0.573 e. The van der Waals surface area contributed by atoms with Gasteiger partial charge in [-0.25, -0.2) is 0 Å². The molecule has 1 saturated carbocycles. The van der Waals surface area contributed by atoms with Crippen molar-refractivity contribution < 1.29 is 17.9 Å². The summed E-state index contributed by atoms with van der Waals surface area (Å²) in [4.78, 5) is 0. The zero-order valence-corrected chi connectivity index (χ0v) is 9.26. The Morgan fingerprint density at radius 1 is 1.18 bits per heavy atom. The van der Waals surface area contributed by atoms with Crippen LogP contribution in [0.2, 0.25) is 0 Å². The summed E-state index contributed by atoms with van der Waals surface area (Å²) < 4.78 is 40.2. The van der Waals surface area contributed by atoms with Gasteiger partial charge in [-0.05, 0) is 30.5 Å². The Morgan fingerprint density at radius 3 is 2.41 bits per heavy atom. The van der Waals surface area contributed by atoms with Gasteiger partial charge in [0, 0.05) is 5.54 Å². The van der Waals surface area contributed by atoms with Crippen LogP contribution in [-0.4, -0.2) is 6.36 Å². The van der Waals surface area contributed by atoms with E-state index < -0.39 is 11.9 Å². The quantitative estimate of drug-likeness (QED) is 0.867. The summed E-state index contributed by atoms with van der Waals surface area (Å²) in [6.07, 6.45) is -1.01. The fraction of sp³-hybridized carbons (Fsp3) is 0.500. The number of rotatable bonds is 2. The van der Waals surface area contributed by atoms with Crippen LogP contribution in [0.5, 0.6) is 5.75 Å². The highest BCUT2D eigenvalue weighted by molar-refractivity contribution is 5.34. The van der Waals surface area contributed by atoms with Gasteiger partial charge < -0.3 is 10.5 Å². The summed E-state index contributed by atoms with van der Waals surface area (Å²) >= 11 is 0. The third-order valence-electron chi connectivity index (χ3n) is 3.14. The number of hydrogen-bond acceptors (Lipinski definition) is 2. The van der Waals surface area contributed by atoms with Crippen molar-refractivity contribution in [3.05, 3.63) is 29.8 Å². The molecule has 17 heavy (non-hydrogen) atoms. The standard InChI is InChI=1S/C12H14F3NO/c13-12(14,15)17-10-5-3-4-9(8-10)11(16)6-1-2-7-11/h3-5,8H,1-2,6-7,16H2. The van der Waals surface area contributed by atoms with Crippen LogP contribution in [-0.2, 0) is 5.54 Å². The molecule has 2 nitrogen and oxygen atoms in total. The molecular weight excluding hydrogens is 231 g/mol. The molecule has 2 rings (SSSR count). The van der Waals surface area contributed by atoms with Gasteiger partial charge in [-0.1, -0.05) is 25.0 Å². The summed E-state index contributed by atoms with van der Waals surface area (Å²) in [5.74, 6) is -0.202. The lowest BCUT2D eigenvalue weighted by atomic mass is 9.89. The molecule has 1 aliphatic rings. The number of benzene rings is 1. The molecule has 0 bridgehead atoms. The van der Waals surface area contributed by atoms with E-state index in [2.05, 4.69) is 4.74 Å². The highest BCUT2D eigenvalue weighted by Crippen LogP contribution is 2.37. The summed E-state index contributed by atoms with van der Waals surface area (Å²) in [7, 11) is 0. The van der Waals surface area contributed by atoms with E-state index in [1.54, 1.807) is 12.1 Å². The molecule has 0 spiro atoms. The molecule has 0 aromatic heterocycles. The normalized spacial score (nSPS) is 19.3. The Hall–Kier alpha value is -1.23. The minimum Gasteiger partial charge on any atom is -0.406 e.